The zero-order valence-corrected chi connectivity index (χ0v) is 15.7. The first-order valence-corrected chi connectivity index (χ1v) is 9.82. The summed E-state index contributed by atoms with van der Waals surface area (Å²) in [5.41, 5.74) is 0. The van der Waals surface area contributed by atoms with Crippen LogP contribution in [0.25, 0.3) is 0 Å². The fraction of sp³-hybridized carbons (Fsp3) is 0.950. The summed E-state index contributed by atoms with van der Waals surface area (Å²) >= 11 is 0. The Morgan fingerprint density at radius 2 is 1.14 bits per heavy atom. The van der Waals surface area contributed by atoms with E-state index in [9.17, 15) is 4.79 Å². The van der Waals surface area contributed by atoms with E-state index >= 15 is 0 Å². The molecule has 0 amide bonds. The zero-order valence-electron chi connectivity index (χ0n) is 15.7. The van der Waals surface area contributed by atoms with Crippen LogP contribution in [0.3, 0.4) is 0 Å². The first-order valence-electron chi connectivity index (χ1n) is 9.82. The van der Waals surface area contributed by atoms with Gasteiger partial charge in [0.2, 0.25) is 0 Å². The molecule has 0 saturated heterocycles. The lowest BCUT2D eigenvalue weighted by atomic mass is 10.0. The lowest BCUT2D eigenvalue weighted by Gasteiger charge is -2.19. The molecule has 0 aromatic rings. The smallest absolute Gasteiger partial charge is 0.308 e. The molecule has 0 spiro atoms. The summed E-state index contributed by atoms with van der Waals surface area (Å²) in [5.74, 6) is -0.0318. The molecule has 0 saturated carbocycles. The Hall–Kier alpha value is -0.530. The summed E-state index contributed by atoms with van der Waals surface area (Å²) in [6.45, 7) is 8.33. The molecule has 0 aromatic heterocycles. The summed E-state index contributed by atoms with van der Waals surface area (Å²) < 4.78 is 5.70. The molecule has 0 heterocycles. The van der Waals surface area contributed by atoms with Crippen LogP contribution in [0.1, 0.15) is 111 Å². The van der Waals surface area contributed by atoms with Gasteiger partial charge in [-0.2, -0.15) is 0 Å². The Morgan fingerprint density at radius 1 is 0.727 bits per heavy atom. The van der Waals surface area contributed by atoms with Crippen LogP contribution < -0.4 is 0 Å². The van der Waals surface area contributed by atoms with Gasteiger partial charge in [0, 0.05) is 0 Å². The normalized spacial score (nSPS) is 12.6. The standard InChI is InChI=1S/C20H40O2/c1-5-7-9-11-12-13-15-17-19(16-14-10-8-6-2)22-20(21)18(3)4/h18-19H,5-17H2,1-4H3. The molecule has 0 aromatic carbocycles. The number of ether oxygens (including phenoxy) is 1. The highest BCUT2D eigenvalue weighted by Gasteiger charge is 2.16. The van der Waals surface area contributed by atoms with Gasteiger partial charge in [0.05, 0.1) is 5.92 Å². The quantitative estimate of drug-likeness (QED) is 0.249. The van der Waals surface area contributed by atoms with Gasteiger partial charge >= 0.3 is 5.97 Å². The molecule has 0 aliphatic rings. The van der Waals surface area contributed by atoms with Crippen molar-refractivity contribution < 1.29 is 9.53 Å². The molecule has 2 nitrogen and oxygen atoms in total. The van der Waals surface area contributed by atoms with Crippen molar-refractivity contribution in [2.24, 2.45) is 5.92 Å². The molecule has 0 bridgehead atoms. The van der Waals surface area contributed by atoms with Gasteiger partial charge < -0.3 is 4.74 Å². The SMILES string of the molecule is CCCCCCCCCC(CCCCCC)OC(=O)C(C)C. The number of esters is 1. The average Bonchev–Trinajstić information content (AvgIpc) is 2.50. The van der Waals surface area contributed by atoms with Gasteiger partial charge in [-0.15, -0.1) is 0 Å². The van der Waals surface area contributed by atoms with Crippen molar-refractivity contribution in [3.63, 3.8) is 0 Å². The van der Waals surface area contributed by atoms with Gasteiger partial charge in [-0.05, 0) is 25.7 Å². The minimum atomic E-state index is -0.0246. The van der Waals surface area contributed by atoms with Crippen molar-refractivity contribution in [2.75, 3.05) is 0 Å². The fourth-order valence-electron chi connectivity index (χ4n) is 2.69. The summed E-state index contributed by atoms with van der Waals surface area (Å²) in [6.07, 6.45) is 16.5. The third kappa shape index (κ3) is 13.2. The van der Waals surface area contributed by atoms with Crippen molar-refractivity contribution in [1.29, 1.82) is 0 Å². The van der Waals surface area contributed by atoms with E-state index < -0.39 is 0 Å². The van der Waals surface area contributed by atoms with E-state index in [0.717, 1.165) is 12.8 Å². The second-order valence-corrected chi connectivity index (χ2v) is 6.97. The van der Waals surface area contributed by atoms with Crippen molar-refractivity contribution in [1.82, 2.24) is 0 Å². The van der Waals surface area contributed by atoms with Crippen LogP contribution in [-0.2, 0) is 9.53 Å². The highest BCUT2D eigenvalue weighted by molar-refractivity contribution is 5.71. The number of hydrogen-bond donors (Lipinski definition) is 0. The van der Waals surface area contributed by atoms with Gasteiger partial charge in [0.15, 0.2) is 0 Å². The molecule has 132 valence electrons. The van der Waals surface area contributed by atoms with Gasteiger partial charge in [-0.1, -0.05) is 85.5 Å². The molecule has 0 aliphatic heterocycles. The van der Waals surface area contributed by atoms with Crippen LogP contribution >= 0.6 is 0 Å². The molecule has 0 aliphatic carbocycles. The van der Waals surface area contributed by atoms with E-state index in [1.54, 1.807) is 0 Å². The number of carbonyl (C=O) groups is 1. The van der Waals surface area contributed by atoms with Gasteiger partial charge in [-0.3, -0.25) is 4.79 Å². The lowest BCUT2D eigenvalue weighted by molar-refractivity contribution is -0.153. The van der Waals surface area contributed by atoms with Crippen LogP contribution in [0, 0.1) is 5.92 Å². The highest BCUT2D eigenvalue weighted by Crippen LogP contribution is 2.17. The minimum absolute atomic E-state index is 0.00724. The minimum Gasteiger partial charge on any atom is -0.462 e. The number of carbonyl (C=O) groups excluding carboxylic acids is 1. The maximum atomic E-state index is 11.8. The Labute approximate surface area is 139 Å². The Bertz CT molecular complexity index is 248. The predicted octanol–water partition coefficient (Wildman–Crippen LogP) is 6.67. The highest BCUT2D eigenvalue weighted by atomic mass is 16.5. The number of hydrogen-bond acceptors (Lipinski definition) is 2. The van der Waals surface area contributed by atoms with Crippen molar-refractivity contribution >= 4 is 5.97 Å². The third-order valence-corrected chi connectivity index (χ3v) is 4.26. The summed E-state index contributed by atoms with van der Waals surface area (Å²) in [4.78, 5) is 11.8. The van der Waals surface area contributed by atoms with Crippen LogP contribution in [-0.4, -0.2) is 12.1 Å². The van der Waals surface area contributed by atoms with Crippen LogP contribution in [0.15, 0.2) is 0 Å². The third-order valence-electron chi connectivity index (χ3n) is 4.26. The Morgan fingerprint density at radius 3 is 1.59 bits per heavy atom. The second-order valence-electron chi connectivity index (χ2n) is 6.97. The lowest BCUT2D eigenvalue weighted by Crippen LogP contribution is -2.21. The molecule has 1 atom stereocenters. The van der Waals surface area contributed by atoms with E-state index in [2.05, 4.69) is 13.8 Å². The van der Waals surface area contributed by atoms with E-state index in [-0.39, 0.29) is 18.0 Å². The summed E-state index contributed by atoms with van der Waals surface area (Å²) in [7, 11) is 0. The molecule has 22 heavy (non-hydrogen) atoms. The molecular formula is C20H40O2. The van der Waals surface area contributed by atoms with Gasteiger partial charge in [-0.25, -0.2) is 0 Å². The van der Waals surface area contributed by atoms with Crippen molar-refractivity contribution in [2.45, 2.75) is 117 Å². The fourth-order valence-corrected chi connectivity index (χ4v) is 2.69. The summed E-state index contributed by atoms with van der Waals surface area (Å²) in [5, 5.41) is 0. The average molecular weight is 313 g/mol. The zero-order chi connectivity index (χ0) is 16.6. The molecule has 0 N–H and O–H groups in total. The number of rotatable bonds is 15. The summed E-state index contributed by atoms with van der Waals surface area (Å²) in [6, 6.07) is 0. The maximum absolute atomic E-state index is 11.8. The first kappa shape index (κ1) is 21.5. The first-order chi connectivity index (χ1) is 10.6. The molecule has 2 heteroatoms. The largest absolute Gasteiger partial charge is 0.462 e. The van der Waals surface area contributed by atoms with Crippen LogP contribution in [0.4, 0.5) is 0 Å². The van der Waals surface area contributed by atoms with E-state index in [4.69, 9.17) is 4.74 Å². The van der Waals surface area contributed by atoms with Crippen molar-refractivity contribution in [3.8, 4) is 0 Å². The molecular weight excluding hydrogens is 272 g/mol. The topological polar surface area (TPSA) is 26.3 Å². The Balaban J connectivity index is 3.88. The molecule has 0 rings (SSSR count). The van der Waals surface area contributed by atoms with E-state index in [0.29, 0.717) is 0 Å². The van der Waals surface area contributed by atoms with E-state index in [1.807, 2.05) is 13.8 Å². The molecule has 1 unspecified atom stereocenters. The maximum Gasteiger partial charge on any atom is 0.308 e. The second kappa shape index (κ2) is 15.4. The van der Waals surface area contributed by atoms with Crippen LogP contribution in [0.5, 0.6) is 0 Å². The number of unbranched alkanes of at least 4 members (excludes halogenated alkanes) is 9. The van der Waals surface area contributed by atoms with Gasteiger partial charge in [0.1, 0.15) is 6.10 Å². The monoisotopic (exact) mass is 312 g/mol. The predicted molar refractivity (Wildman–Crippen MR) is 96.1 cm³/mol. The van der Waals surface area contributed by atoms with Crippen molar-refractivity contribution in [3.05, 3.63) is 0 Å². The molecule has 0 radical (unpaired) electrons. The molecule has 0 fully saturated rings. The Kier molecular flexibility index (Phi) is 15.0. The van der Waals surface area contributed by atoms with Gasteiger partial charge in [0.25, 0.3) is 0 Å². The van der Waals surface area contributed by atoms with Crippen LogP contribution in [0.2, 0.25) is 0 Å². The van der Waals surface area contributed by atoms with E-state index in [1.165, 1.54) is 70.6 Å².